The van der Waals surface area contributed by atoms with Crippen LogP contribution in [0.5, 0.6) is 17.2 Å². The minimum Gasteiger partial charge on any atom is -0.507 e. The molecule has 0 saturated carbocycles. The summed E-state index contributed by atoms with van der Waals surface area (Å²) in [7, 11) is 2.99. The summed E-state index contributed by atoms with van der Waals surface area (Å²) < 4.78 is 16.2. The Kier molecular flexibility index (Phi) is 6.14. The van der Waals surface area contributed by atoms with Crippen molar-refractivity contribution >= 4 is 40.0 Å². The third kappa shape index (κ3) is 4.73. The third-order valence-electron chi connectivity index (χ3n) is 4.91. The van der Waals surface area contributed by atoms with Gasteiger partial charge in [0.2, 0.25) is 5.89 Å². The first-order chi connectivity index (χ1) is 15.9. The molecule has 3 N–H and O–H groups in total. The summed E-state index contributed by atoms with van der Waals surface area (Å²) in [6, 6.07) is 15.3. The number of amides is 1. The number of carbonyl (C=O) groups excluding carboxylic acids is 1. The number of benzene rings is 3. The molecule has 33 heavy (non-hydrogen) atoms. The molecule has 0 aliphatic rings. The molecule has 0 aliphatic heterocycles. The number of fused-ring (bicyclic) bond motifs is 1. The lowest BCUT2D eigenvalue weighted by molar-refractivity contribution is 0.0974. The topological polar surface area (TPSA) is 106 Å². The van der Waals surface area contributed by atoms with Crippen LogP contribution in [0, 0.1) is 6.92 Å². The highest BCUT2D eigenvalue weighted by Gasteiger charge is 2.16. The van der Waals surface area contributed by atoms with Gasteiger partial charge in [0, 0.05) is 11.8 Å². The monoisotopic (exact) mass is 463 g/mol. The zero-order valence-electron chi connectivity index (χ0n) is 18.1. The van der Waals surface area contributed by atoms with Crippen molar-refractivity contribution < 1.29 is 23.8 Å². The number of ether oxygens (including phenoxy) is 2. The number of phenolic OH excluding ortho intramolecular Hbond substituents is 1. The molecule has 8 nitrogen and oxygen atoms in total. The smallest absolute Gasteiger partial charge is 0.261 e. The Morgan fingerprint density at radius 3 is 2.64 bits per heavy atom. The van der Waals surface area contributed by atoms with Crippen molar-refractivity contribution in [1.29, 1.82) is 0 Å². The van der Waals surface area contributed by atoms with Gasteiger partial charge in [-0.15, -0.1) is 0 Å². The maximum Gasteiger partial charge on any atom is 0.261 e. The molecule has 1 amide bonds. The molecular weight excluding hydrogens is 442 g/mol. The molecule has 1 aromatic heterocycles. The van der Waals surface area contributed by atoms with Crippen molar-refractivity contribution in [3.63, 3.8) is 0 Å². The molecule has 9 heteroatoms. The van der Waals surface area contributed by atoms with Crippen molar-refractivity contribution in [3.8, 4) is 28.7 Å². The third-order valence-corrected chi connectivity index (χ3v) is 5.11. The lowest BCUT2D eigenvalue weighted by Gasteiger charge is -2.13. The van der Waals surface area contributed by atoms with E-state index in [-0.39, 0.29) is 16.8 Å². The molecule has 168 valence electrons. The maximum atomic E-state index is 12.7. The van der Waals surface area contributed by atoms with E-state index in [9.17, 15) is 9.90 Å². The quantitative estimate of drug-likeness (QED) is 0.290. The van der Waals surface area contributed by atoms with E-state index in [0.717, 1.165) is 5.56 Å². The molecule has 0 atom stereocenters. The molecule has 0 fully saturated rings. The lowest BCUT2D eigenvalue weighted by atomic mass is 10.1. The van der Waals surface area contributed by atoms with Crippen LogP contribution < -0.4 is 20.1 Å². The highest BCUT2D eigenvalue weighted by molar-refractivity contribution is 7.80. The Balaban J connectivity index is 1.52. The highest BCUT2D eigenvalue weighted by Crippen LogP contribution is 2.33. The van der Waals surface area contributed by atoms with E-state index in [0.29, 0.717) is 39.4 Å². The fourth-order valence-electron chi connectivity index (χ4n) is 3.25. The largest absolute Gasteiger partial charge is 0.507 e. The molecule has 0 radical (unpaired) electrons. The summed E-state index contributed by atoms with van der Waals surface area (Å²) >= 11 is 5.29. The van der Waals surface area contributed by atoms with Crippen molar-refractivity contribution in [2.75, 3.05) is 19.5 Å². The number of aryl methyl sites for hydroxylation is 1. The Morgan fingerprint density at radius 1 is 1.06 bits per heavy atom. The number of oxazole rings is 1. The fourth-order valence-corrected chi connectivity index (χ4v) is 3.46. The highest BCUT2D eigenvalue weighted by atomic mass is 32.1. The molecular formula is C24H21N3O5S. The standard InChI is InChI=1S/C24H21N3O5S/c1-13-4-8-18-21(10-13)32-23(26-18)17-11-14(5-9-19(17)28)25-24(33)27-22(29)16-7-6-15(30-2)12-20(16)31-3/h4-12,28H,1-3H3,(H2,25,27,29,33). The average molecular weight is 464 g/mol. The van der Waals surface area contributed by atoms with E-state index in [1.807, 2.05) is 25.1 Å². The molecule has 4 rings (SSSR count). The van der Waals surface area contributed by atoms with Gasteiger partial charge in [-0.2, -0.15) is 0 Å². The van der Waals surface area contributed by atoms with E-state index in [4.69, 9.17) is 26.1 Å². The lowest BCUT2D eigenvalue weighted by Crippen LogP contribution is -2.34. The Labute approximate surface area is 195 Å². The van der Waals surface area contributed by atoms with Gasteiger partial charge < -0.3 is 24.3 Å². The zero-order valence-corrected chi connectivity index (χ0v) is 18.9. The first-order valence-corrected chi connectivity index (χ1v) is 10.3. The Hall–Kier alpha value is -4.11. The molecule has 0 bridgehead atoms. The second-order valence-corrected chi connectivity index (χ2v) is 7.60. The number of nitrogens with zero attached hydrogens (tertiary/aromatic N) is 1. The molecule has 0 saturated heterocycles. The van der Waals surface area contributed by atoms with Gasteiger partial charge in [0.25, 0.3) is 5.91 Å². The Morgan fingerprint density at radius 2 is 1.88 bits per heavy atom. The number of methoxy groups -OCH3 is 2. The number of thiocarbonyl (C=S) groups is 1. The number of hydrogen-bond donors (Lipinski definition) is 3. The summed E-state index contributed by atoms with van der Waals surface area (Å²) in [6.45, 7) is 1.96. The van der Waals surface area contributed by atoms with E-state index < -0.39 is 5.91 Å². The second-order valence-electron chi connectivity index (χ2n) is 7.20. The minimum atomic E-state index is -0.444. The van der Waals surface area contributed by atoms with Gasteiger partial charge in [-0.25, -0.2) is 4.98 Å². The maximum absolute atomic E-state index is 12.7. The van der Waals surface area contributed by atoms with Crippen molar-refractivity contribution in [2.45, 2.75) is 6.92 Å². The van der Waals surface area contributed by atoms with Crippen LogP contribution in [-0.4, -0.2) is 35.3 Å². The van der Waals surface area contributed by atoms with Gasteiger partial charge in [0.05, 0.1) is 25.3 Å². The number of phenols is 1. The molecule has 1 heterocycles. The van der Waals surface area contributed by atoms with Crippen LogP contribution in [0.3, 0.4) is 0 Å². The van der Waals surface area contributed by atoms with Gasteiger partial charge >= 0.3 is 0 Å². The normalized spacial score (nSPS) is 10.6. The van der Waals surface area contributed by atoms with Crippen molar-refractivity contribution in [2.24, 2.45) is 0 Å². The summed E-state index contributed by atoms with van der Waals surface area (Å²) in [4.78, 5) is 17.1. The number of anilines is 1. The van der Waals surface area contributed by atoms with Gasteiger partial charge in [-0.1, -0.05) is 6.07 Å². The predicted molar refractivity (Wildman–Crippen MR) is 129 cm³/mol. The molecule has 0 spiro atoms. The zero-order chi connectivity index (χ0) is 23.5. The summed E-state index contributed by atoms with van der Waals surface area (Å²) in [5, 5.41) is 16.0. The molecule has 4 aromatic rings. The van der Waals surface area contributed by atoms with E-state index >= 15 is 0 Å². The second kappa shape index (κ2) is 9.17. The van der Waals surface area contributed by atoms with Gasteiger partial charge in [-0.3, -0.25) is 10.1 Å². The van der Waals surface area contributed by atoms with Crippen LogP contribution in [-0.2, 0) is 0 Å². The first kappa shape index (κ1) is 22.1. The summed E-state index contributed by atoms with van der Waals surface area (Å²) in [5.74, 6) is 0.750. The van der Waals surface area contributed by atoms with Crippen LogP contribution in [0.1, 0.15) is 15.9 Å². The van der Waals surface area contributed by atoms with E-state index in [1.54, 1.807) is 30.3 Å². The average Bonchev–Trinajstić information content (AvgIpc) is 3.22. The molecule has 3 aromatic carbocycles. The van der Waals surface area contributed by atoms with Crippen LogP contribution in [0.2, 0.25) is 0 Å². The van der Waals surface area contributed by atoms with E-state index in [1.165, 1.54) is 20.3 Å². The number of hydrogen-bond acceptors (Lipinski definition) is 7. The van der Waals surface area contributed by atoms with Gasteiger partial charge in [0.1, 0.15) is 22.8 Å². The van der Waals surface area contributed by atoms with Crippen molar-refractivity contribution in [3.05, 3.63) is 65.7 Å². The number of carbonyl (C=O) groups is 1. The SMILES string of the molecule is COc1ccc(C(=O)NC(=S)Nc2ccc(O)c(-c3nc4ccc(C)cc4o3)c2)c(OC)c1. The van der Waals surface area contributed by atoms with Crippen LogP contribution in [0.4, 0.5) is 5.69 Å². The number of nitrogens with one attached hydrogen (secondary N) is 2. The van der Waals surface area contributed by atoms with Gasteiger partial charge in [-0.05, 0) is 67.2 Å². The van der Waals surface area contributed by atoms with Gasteiger partial charge in [0.15, 0.2) is 10.7 Å². The van der Waals surface area contributed by atoms with E-state index in [2.05, 4.69) is 15.6 Å². The van der Waals surface area contributed by atoms with Crippen LogP contribution in [0.25, 0.3) is 22.6 Å². The summed E-state index contributed by atoms with van der Waals surface area (Å²) in [5.41, 5.74) is 3.58. The Bertz CT molecular complexity index is 1370. The number of aromatic nitrogens is 1. The number of rotatable bonds is 5. The molecule has 0 aliphatic carbocycles. The number of aromatic hydroxyl groups is 1. The predicted octanol–water partition coefficient (Wildman–Crippen LogP) is 4.65. The van der Waals surface area contributed by atoms with Crippen LogP contribution >= 0.6 is 12.2 Å². The van der Waals surface area contributed by atoms with Crippen LogP contribution in [0.15, 0.2) is 59.0 Å². The van der Waals surface area contributed by atoms with Crippen molar-refractivity contribution in [1.82, 2.24) is 10.3 Å². The minimum absolute atomic E-state index is 0.00162. The molecule has 0 unspecified atom stereocenters. The first-order valence-electron chi connectivity index (χ1n) is 9.93. The summed E-state index contributed by atoms with van der Waals surface area (Å²) in [6.07, 6.45) is 0. The fraction of sp³-hybridized carbons (Fsp3) is 0.125.